The fraction of sp³-hybridized carbons (Fsp3) is 0.292. The largest absolute Gasteiger partial charge is 0.444 e. The van der Waals surface area contributed by atoms with Gasteiger partial charge in [-0.3, -0.25) is 10.1 Å². The summed E-state index contributed by atoms with van der Waals surface area (Å²) in [5.41, 5.74) is 2.31. The second-order valence-corrected chi connectivity index (χ2v) is 8.24. The molecule has 7 heteroatoms. The number of pyridine rings is 1. The normalized spacial score (nSPS) is 11.3. The number of fused-ring (bicyclic) bond motifs is 1. The number of ether oxygens (including phenoxy) is 1. The number of amides is 2. The lowest BCUT2D eigenvalue weighted by molar-refractivity contribution is -0.116. The van der Waals surface area contributed by atoms with E-state index in [1.807, 2.05) is 42.5 Å². The Hall–Kier alpha value is -3.45. The first kappa shape index (κ1) is 22.2. The summed E-state index contributed by atoms with van der Waals surface area (Å²) in [7, 11) is 0. The zero-order valence-electron chi connectivity index (χ0n) is 18.2. The molecule has 0 fully saturated rings. The first-order valence-electron chi connectivity index (χ1n) is 10.0. The topological polar surface area (TPSA) is 91.8 Å². The fourth-order valence-corrected chi connectivity index (χ4v) is 3.20. The van der Waals surface area contributed by atoms with Crippen LogP contribution in [0, 0.1) is 0 Å². The van der Waals surface area contributed by atoms with E-state index in [0.717, 1.165) is 10.9 Å². The molecule has 7 nitrogen and oxygen atoms in total. The molecule has 0 aliphatic carbocycles. The van der Waals surface area contributed by atoms with Crippen molar-refractivity contribution in [3.05, 3.63) is 65.7 Å². The lowest BCUT2D eigenvalue weighted by Crippen LogP contribution is -2.28. The highest BCUT2D eigenvalue weighted by molar-refractivity contribution is 5.92. The van der Waals surface area contributed by atoms with Gasteiger partial charge in [-0.1, -0.05) is 30.3 Å². The summed E-state index contributed by atoms with van der Waals surface area (Å²) in [6, 6.07) is 16.6. The van der Waals surface area contributed by atoms with Crippen molar-refractivity contribution in [2.24, 2.45) is 0 Å². The maximum atomic E-state index is 12.3. The third kappa shape index (κ3) is 5.79. The Balaban J connectivity index is 1.86. The number of aromatic nitrogens is 1. The van der Waals surface area contributed by atoms with Crippen LogP contribution >= 0.6 is 0 Å². The van der Waals surface area contributed by atoms with E-state index >= 15 is 0 Å². The second kappa shape index (κ2) is 9.14. The van der Waals surface area contributed by atoms with Crippen molar-refractivity contribution in [3.63, 3.8) is 0 Å². The lowest BCUT2D eigenvalue weighted by Gasteiger charge is -2.24. The highest BCUT2D eigenvalue weighted by Crippen LogP contribution is 2.24. The molecule has 162 valence electrons. The van der Waals surface area contributed by atoms with E-state index in [0.29, 0.717) is 29.1 Å². The molecule has 0 radical (unpaired) electrons. The van der Waals surface area contributed by atoms with Crippen LogP contribution in [0.3, 0.4) is 0 Å². The van der Waals surface area contributed by atoms with Crippen LogP contribution in [-0.4, -0.2) is 27.7 Å². The van der Waals surface area contributed by atoms with E-state index in [-0.39, 0.29) is 12.5 Å². The van der Waals surface area contributed by atoms with Gasteiger partial charge in [0.25, 0.3) is 0 Å². The number of aliphatic hydroxyl groups excluding tert-OH is 1. The van der Waals surface area contributed by atoms with Gasteiger partial charge in [-0.15, -0.1) is 0 Å². The average molecular weight is 421 g/mol. The van der Waals surface area contributed by atoms with Gasteiger partial charge in [0.1, 0.15) is 11.4 Å². The SMILES string of the molecule is CC(=O)N(Cc1ccc2ccc(NC(=O)OC(C)(C)C)nc2c1)c1ccccc1CO. The molecule has 2 amide bonds. The van der Waals surface area contributed by atoms with E-state index in [2.05, 4.69) is 10.3 Å². The fourth-order valence-electron chi connectivity index (χ4n) is 3.20. The minimum atomic E-state index is -0.602. The first-order valence-corrected chi connectivity index (χ1v) is 10.0. The third-order valence-corrected chi connectivity index (χ3v) is 4.56. The maximum absolute atomic E-state index is 12.3. The van der Waals surface area contributed by atoms with E-state index in [4.69, 9.17) is 4.74 Å². The van der Waals surface area contributed by atoms with Crippen molar-refractivity contribution < 1.29 is 19.4 Å². The first-order chi connectivity index (χ1) is 14.7. The van der Waals surface area contributed by atoms with Crippen LogP contribution in [0.1, 0.15) is 38.8 Å². The Bertz CT molecular complexity index is 1110. The average Bonchev–Trinajstić information content (AvgIpc) is 2.70. The monoisotopic (exact) mass is 421 g/mol. The Labute approximate surface area is 181 Å². The highest BCUT2D eigenvalue weighted by Gasteiger charge is 2.18. The summed E-state index contributed by atoms with van der Waals surface area (Å²) >= 11 is 0. The predicted octanol–water partition coefficient (Wildman–Crippen LogP) is 4.63. The van der Waals surface area contributed by atoms with Crippen LogP contribution in [0.4, 0.5) is 16.3 Å². The molecule has 0 unspecified atom stereocenters. The third-order valence-electron chi connectivity index (χ3n) is 4.56. The molecule has 31 heavy (non-hydrogen) atoms. The predicted molar refractivity (Wildman–Crippen MR) is 121 cm³/mol. The number of carbonyl (C=O) groups excluding carboxylic acids is 2. The maximum Gasteiger partial charge on any atom is 0.413 e. The minimum Gasteiger partial charge on any atom is -0.444 e. The Morgan fingerprint density at radius 3 is 2.48 bits per heavy atom. The molecule has 1 aromatic heterocycles. The number of nitrogens with one attached hydrogen (secondary N) is 1. The molecule has 1 heterocycles. The van der Waals surface area contributed by atoms with Gasteiger partial charge in [-0.05, 0) is 50.6 Å². The standard InChI is InChI=1S/C24H27N3O4/c1-16(29)27(21-8-6-5-7-19(21)15-28)14-17-9-10-18-11-12-22(25-20(18)13-17)26-23(30)31-24(2,3)4/h5-13,28H,14-15H2,1-4H3,(H,25,26,30). The van der Waals surface area contributed by atoms with E-state index < -0.39 is 11.7 Å². The minimum absolute atomic E-state index is 0.130. The highest BCUT2D eigenvalue weighted by atomic mass is 16.6. The van der Waals surface area contributed by atoms with Gasteiger partial charge >= 0.3 is 6.09 Å². The van der Waals surface area contributed by atoms with Crippen LogP contribution in [0.15, 0.2) is 54.6 Å². The van der Waals surface area contributed by atoms with E-state index in [1.54, 1.807) is 37.8 Å². The molecule has 0 bridgehead atoms. The molecule has 0 aliphatic heterocycles. The summed E-state index contributed by atoms with van der Waals surface area (Å²) < 4.78 is 5.27. The van der Waals surface area contributed by atoms with Gasteiger partial charge in [-0.2, -0.15) is 0 Å². The molecule has 0 atom stereocenters. The number of rotatable bonds is 5. The van der Waals surface area contributed by atoms with E-state index in [1.165, 1.54) is 6.92 Å². The molecule has 2 N–H and O–H groups in total. The second-order valence-electron chi connectivity index (χ2n) is 8.24. The Morgan fingerprint density at radius 1 is 1.10 bits per heavy atom. The zero-order valence-corrected chi connectivity index (χ0v) is 18.2. The molecule has 0 aliphatic rings. The molecule has 2 aromatic carbocycles. The number of aliphatic hydroxyl groups is 1. The van der Waals surface area contributed by atoms with Gasteiger partial charge in [-0.25, -0.2) is 9.78 Å². The summed E-state index contributed by atoms with van der Waals surface area (Å²) in [5.74, 6) is 0.252. The van der Waals surface area contributed by atoms with Crippen molar-refractivity contribution in [2.75, 3.05) is 10.2 Å². The van der Waals surface area contributed by atoms with Crippen LogP contribution in [0.2, 0.25) is 0 Å². The molecule has 3 aromatic rings. The number of para-hydroxylation sites is 1. The van der Waals surface area contributed by atoms with Gasteiger partial charge in [0.2, 0.25) is 5.91 Å². The quantitative estimate of drug-likeness (QED) is 0.627. The lowest BCUT2D eigenvalue weighted by atomic mass is 10.1. The van der Waals surface area contributed by atoms with Crippen molar-refractivity contribution in [3.8, 4) is 0 Å². The summed E-state index contributed by atoms with van der Waals surface area (Å²) in [6.45, 7) is 7.05. The van der Waals surface area contributed by atoms with Crippen molar-refractivity contribution in [2.45, 2.75) is 46.4 Å². The van der Waals surface area contributed by atoms with Crippen molar-refractivity contribution >= 4 is 34.4 Å². The van der Waals surface area contributed by atoms with Gasteiger partial charge < -0.3 is 14.7 Å². The number of benzene rings is 2. The van der Waals surface area contributed by atoms with Crippen LogP contribution in [0.5, 0.6) is 0 Å². The molecule has 0 saturated heterocycles. The van der Waals surface area contributed by atoms with Gasteiger partial charge in [0.05, 0.1) is 18.7 Å². The molecular formula is C24H27N3O4. The molecular weight excluding hydrogens is 394 g/mol. The van der Waals surface area contributed by atoms with Crippen LogP contribution < -0.4 is 10.2 Å². The zero-order chi connectivity index (χ0) is 22.6. The van der Waals surface area contributed by atoms with Crippen LogP contribution in [-0.2, 0) is 22.7 Å². The smallest absolute Gasteiger partial charge is 0.413 e. The summed E-state index contributed by atoms with van der Waals surface area (Å²) in [4.78, 5) is 30.5. The number of anilines is 2. The van der Waals surface area contributed by atoms with Gasteiger partial charge in [0.15, 0.2) is 0 Å². The molecule has 3 rings (SSSR count). The Kier molecular flexibility index (Phi) is 6.56. The summed E-state index contributed by atoms with van der Waals surface area (Å²) in [6.07, 6.45) is -0.570. The summed E-state index contributed by atoms with van der Waals surface area (Å²) in [5, 5.41) is 13.2. The molecule has 0 saturated carbocycles. The van der Waals surface area contributed by atoms with Crippen molar-refractivity contribution in [1.29, 1.82) is 0 Å². The Morgan fingerprint density at radius 2 is 1.81 bits per heavy atom. The number of hydrogen-bond acceptors (Lipinski definition) is 5. The molecule has 0 spiro atoms. The number of hydrogen-bond donors (Lipinski definition) is 2. The van der Waals surface area contributed by atoms with Crippen molar-refractivity contribution in [1.82, 2.24) is 4.98 Å². The van der Waals surface area contributed by atoms with E-state index in [9.17, 15) is 14.7 Å². The number of nitrogens with zero attached hydrogens (tertiary/aromatic N) is 2. The number of carbonyl (C=O) groups is 2. The van der Waals surface area contributed by atoms with Crippen LogP contribution in [0.25, 0.3) is 10.9 Å². The van der Waals surface area contributed by atoms with Gasteiger partial charge in [0, 0.05) is 23.6 Å².